The number of ether oxygens (including phenoxy) is 3. The molecule has 0 bridgehead atoms. The predicted octanol–water partition coefficient (Wildman–Crippen LogP) is 3.60. The van der Waals surface area contributed by atoms with Crippen molar-refractivity contribution in [3.63, 3.8) is 0 Å². The van der Waals surface area contributed by atoms with Gasteiger partial charge in [-0.2, -0.15) is 14.9 Å². The van der Waals surface area contributed by atoms with Crippen LogP contribution in [0.2, 0.25) is 0 Å². The maximum Gasteiger partial charge on any atom is 0.216 e. The van der Waals surface area contributed by atoms with Crippen molar-refractivity contribution < 1.29 is 14.2 Å². The van der Waals surface area contributed by atoms with E-state index in [4.69, 9.17) is 26.4 Å². The quantitative estimate of drug-likeness (QED) is 0.342. The Kier molecular flexibility index (Phi) is 6.28. The SMILES string of the molecule is CCOc1ccc(-c2n[nH]c(=S)n2NN=Cc2cccc(OC)c2OC)cc1. The molecule has 0 aliphatic carbocycles. The third-order valence-electron chi connectivity index (χ3n) is 3.89. The lowest BCUT2D eigenvalue weighted by Gasteiger charge is -2.10. The number of H-pyrrole nitrogens is 1. The van der Waals surface area contributed by atoms with E-state index in [0.717, 1.165) is 16.9 Å². The zero-order valence-corrected chi connectivity index (χ0v) is 16.6. The molecule has 0 fully saturated rings. The van der Waals surface area contributed by atoms with Gasteiger partial charge in [-0.1, -0.05) is 6.07 Å². The first-order valence-corrected chi connectivity index (χ1v) is 8.99. The van der Waals surface area contributed by atoms with E-state index in [2.05, 4.69) is 20.8 Å². The molecule has 0 atom stereocenters. The van der Waals surface area contributed by atoms with Crippen molar-refractivity contribution in [3.8, 4) is 28.6 Å². The fraction of sp³-hybridized carbons (Fsp3) is 0.211. The first-order valence-electron chi connectivity index (χ1n) is 8.58. The maximum atomic E-state index is 5.47. The average molecular weight is 399 g/mol. The van der Waals surface area contributed by atoms with Gasteiger partial charge in [-0.3, -0.25) is 0 Å². The van der Waals surface area contributed by atoms with Gasteiger partial charge < -0.3 is 14.2 Å². The molecule has 0 saturated heterocycles. The van der Waals surface area contributed by atoms with E-state index >= 15 is 0 Å². The molecule has 2 aromatic carbocycles. The summed E-state index contributed by atoms with van der Waals surface area (Å²) < 4.78 is 18.1. The molecule has 146 valence electrons. The second-order valence-corrected chi connectivity index (χ2v) is 5.97. The van der Waals surface area contributed by atoms with Crippen LogP contribution >= 0.6 is 12.2 Å². The lowest BCUT2D eigenvalue weighted by molar-refractivity contribution is 0.340. The van der Waals surface area contributed by atoms with Gasteiger partial charge in [0, 0.05) is 11.1 Å². The van der Waals surface area contributed by atoms with Gasteiger partial charge in [0.15, 0.2) is 17.3 Å². The number of nitrogens with one attached hydrogen (secondary N) is 2. The highest BCUT2D eigenvalue weighted by molar-refractivity contribution is 7.71. The molecule has 3 aromatic rings. The van der Waals surface area contributed by atoms with Gasteiger partial charge in [-0.15, -0.1) is 0 Å². The molecule has 9 heteroatoms. The number of aromatic amines is 1. The van der Waals surface area contributed by atoms with Crippen LogP contribution in [0.4, 0.5) is 0 Å². The highest BCUT2D eigenvalue weighted by Crippen LogP contribution is 2.29. The number of hydrogen-bond acceptors (Lipinski definition) is 7. The summed E-state index contributed by atoms with van der Waals surface area (Å²) >= 11 is 5.30. The molecule has 2 N–H and O–H groups in total. The molecular formula is C19H21N5O3S. The van der Waals surface area contributed by atoms with Crippen molar-refractivity contribution in [3.05, 3.63) is 52.8 Å². The van der Waals surface area contributed by atoms with E-state index < -0.39 is 0 Å². The first-order chi connectivity index (χ1) is 13.7. The molecular weight excluding hydrogens is 378 g/mol. The van der Waals surface area contributed by atoms with Crippen molar-refractivity contribution in [1.82, 2.24) is 14.9 Å². The van der Waals surface area contributed by atoms with Gasteiger partial charge >= 0.3 is 0 Å². The molecule has 0 unspecified atom stereocenters. The van der Waals surface area contributed by atoms with Crippen LogP contribution in [0.3, 0.4) is 0 Å². The fourth-order valence-corrected chi connectivity index (χ4v) is 2.79. The number of methoxy groups -OCH3 is 2. The van der Waals surface area contributed by atoms with Crippen LogP contribution in [-0.4, -0.2) is 41.9 Å². The van der Waals surface area contributed by atoms with Crippen molar-refractivity contribution >= 4 is 18.4 Å². The summed E-state index contributed by atoms with van der Waals surface area (Å²) in [6.07, 6.45) is 1.62. The Bertz CT molecular complexity index is 1010. The second kappa shape index (κ2) is 9.05. The second-order valence-electron chi connectivity index (χ2n) is 5.59. The van der Waals surface area contributed by atoms with Crippen molar-refractivity contribution in [2.75, 3.05) is 26.4 Å². The van der Waals surface area contributed by atoms with Gasteiger partial charge in [0.25, 0.3) is 0 Å². The van der Waals surface area contributed by atoms with E-state index in [9.17, 15) is 0 Å². The third-order valence-corrected chi connectivity index (χ3v) is 4.16. The zero-order chi connectivity index (χ0) is 19.9. The van der Waals surface area contributed by atoms with E-state index in [1.807, 2.05) is 49.4 Å². The largest absolute Gasteiger partial charge is 0.494 e. The minimum Gasteiger partial charge on any atom is -0.494 e. The summed E-state index contributed by atoms with van der Waals surface area (Å²) in [4.78, 5) is 0. The summed E-state index contributed by atoms with van der Waals surface area (Å²) in [6, 6.07) is 13.1. The zero-order valence-electron chi connectivity index (χ0n) is 15.8. The fourth-order valence-electron chi connectivity index (χ4n) is 2.62. The highest BCUT2D eigenvalue weighted by Gasteiger charge is 2.10. The van der Waals surface area contributed by atoms with Gasteiger partial charge in [-0.25, -0.2) is 10.6 Å². The first kappa shape index (κ1) is 19.4. The summed E-state index contributed by atoms with van der Waals surface area (Å²) in [7, 11) is 3.17. The van der Waals surface area contributed by atoms with Crippen LogP contribution < -0.4 is 19.7 Å². The monoisotopic (exact) mass is 399 g/mol. The molecule has 28 heavy (non-hydrogen) atoms. The Labute approximate surface area is 167 Å². The number of hydrogen-bond donors (Lipinski definition) is 2. The topological polar surface area (TPSA) is 85.7 Å². The molecule has 3 rings (SSSR count). The predicted molar refractivity (Wildman–Crippen MR) is 111 cm³/mol. The number of nitrogens with zero attached hydrogens (tertiary/aromatic N) is 3. The van der Waals surface area contributed by atoms with Crippen molar-refractivity contribution in [2.45, 2.75) is 6.92 Å². The smallest absolute Gasteiger partial charge is 0.216 e. The number of rotatable bonds is 8. The molecule has 0 aliphatic rings. The highest BCUT2D eigenvalue weighted by atomic mass is 32.1. The lowest BCUT2D eigenvalue weighted by atomic mass is 10.2. The Morgan fingerprint density at radius 3 is 2.64 bits per heavy atom. The third kappa shape index (κ3) is 4.15. The standard InChI is InChI=1S/C19H21N5O3S/c1-4-27-15-10-8-13(9-11-15)18-21-22-19(28)24(18)23-20-12-14-6-5-7-16(25-2)17(14)26-3/h5-12,23H,4H2,1-3H3,(H,22,28). The average Bonchev–Trinajstić information content (AvgIpc) is 3.09. The minimum absolute atomic E-state index is 0.388. The summed E-state index contributed by atoms with van der Waals surface area (Å²) in [6.45, 7) is 2.56. The van der Waals surface area contributed by atoms with E-state index in [-0.39, 0.29) is 0 Å². The van der Waals surface area contributed by atoms with Crippen molar-refractivity contribution in [1.29, 1.82) is 0 Å². The maximum absolute atomic E-state index is 5.47. The van der Waals surface area contributed by atoms with E-state index in [1.165, 1.54) is 0 Å². The van der Waals surface area contributed by atoms with Crippen LogP contribution in [0.5, 0.6) is 17.2 Å². The van der Waals surface area contributed by atoms with Gasteiger partial charge in [0.05, 0.1) is 27.0 Å². The van der Waals surface area contributed by atoms with E-state index in [1.54, 1.807) is 25.1 Å². The van der Waals surface area contributed by atoms with Gasteiger partial charge in [-0.05, 0) is 55.5 Å². The van der Waals surface area contributed by atoms with Gasteiger partial charge in [0.1, 0.15) is 5.75 Å². The number of hydrazone groups is 1. The normalized spacial score (nSPS) is 10.8. The molecule has 0 saturated carbocycles. The lowest BCUT2D eigenvalue weighted by Crippen LogP contribution is -2.11. The van der Waals surface area contributed by atoms with Crippen LogP contribution in [0.1, 0.15) is 12.5 Å². The number of para-hydroxylation sites is 1. The van der Waals surface area contributed by atoms with Crippen LogP contribution in [0.15, 0.2) is 47.6 Å². The molecule has 1 heterocycles. The summed E-state index contributed by atoms with van der Waals surface area (Å²) in [5.74, 6) is 2.62. The molecule has 1 aromatic heterocycles. The van der Waals surface area contributed by atoms with Gasteiger partial charge in [0.2, 0.25) is 4.77 Å². The van der Waals surface area contributed by atoms with Crippen LogP contribution in [0, 0.1) is 4.77 Å². The number of aromatic nitrogens is 3. The molecule has 0 spiro atoms. The van der Waals surface area contributed by atoms with Crippen molar-refractivity contribution in [2.24, 2.45) is 5.10 Å². The number of benzene rings is 2. The Hall–Kier alpha value is -3.33. The van der Waals surface area contributed by atoms with Crippen LogP contribution in [0.25, 0.3) is 11.4 Å². The van der Waals surface area contributed by atoms with Crippen LogP contribution in [-0.2, 0) is 0 Å². The Balaban J connectivity index is 1.84. The summed E-state index contributed by atoms with van der Waals surface area (Å²) in [5, 5.41) is 11.3. The molecule has 0 amide bonds. The Morgan fingerprint density at radius 1 is 1.18 bits per heavy atom. The van der Waals surface area contributed by atoms with E-state index in [0.29, 0.717) is 28.7 Å². The minimum atomic E-state index is 0.388. The molecule has 8 nitrogen and oxygen atoms in total. The summed E-state index contributed by atoms with van der Waals surface area (Å²) in [5.41, 5.74) is 4.51. The molecule has 0 aliphatic heterocycles. The molecule has 0 radical (unpaired) electrons. The Morgan fingerprint density at radius 2 is 1.96 bits per heavy atom.